The number of fused-ring (bicyclic) bond motifs is 3. The summed E-state index contributed by atoms with van der Waals surface area (Å²) in [6, 6.07) is 2.68. The average Bonchev–Trinajstić information content (AvgIpc) is 2.38. The van der Waals surface area contributed by atoms with Gasteiger partial charge in [0.15, 0.2) is 0 Å². The van der Waals surface area contributed by atoms with E-state index in [0.29, 0.717) is 17.4 Å². The minimum absolute atomic E-state index is 0.0519. The van der Waals surface area contributed by atoms with E-state index in [1.165, 1.54) is 12.1 Å². The fourth-order valence-corrected chi connectivity index (χ4v) is 2.59. The van der Waals surface area contributed by atoms with Gasteiger partial charge in [0, 0.05) is 17.7 Å². The molecule has 1 heterocycles. The molecule has 0 unspecified atom stereocenters. The maximum atomic E-state index is 11.8. The lowest BCUT2D eigenvalue weighted by molar-refractivity contribution is 0.476. The van der Waals surface area contributed by atoms with E-state index in [-0.39, 0.29) is 22.6 Å². The SMILES string of the molecule is O=Nc1cc(O)c2c3c(c(=O)oc2c1)CCCC3. The van der Waals surface area contributed by atoms with Crippen LogP contribution in [-0.2, 0) is 12.8 Å². The van der Waals surface area contributed by atoms with Crippen molar-refractivity contribution in [1.29, 1.82) is 0 Å². The third-order valence-corrected chi connectivity index (χ3v) is 3.39. The Morgan fingerprint density at radius 1 is 1.17 bits per heavy atom. The molecular formula is C13H11NO4. The van der Waals surface area contributed by atoms with Gasteiger partial charge in [-0.05, 0) is 36.4 Å². The number of rotatable bonds is 1. The lowest BCUT2D eigenvalue weighted by atomic mass is 9.90. The lowest BCUT2D eigenvalue weighted by Gasteiger charge is -2.16. The molecule has 0 radical (unpaired) electrons. The Hall–Kier alpha value is -2.17. The summed E-state index contributed by atoms with van der Waals surface area (Å²) >= 11 is 0. The van der Waals surface area contributed by atoms with Gasteiger partial charge in [-0.1, -0.05) is 0 Å². The minimum Gasteiger partial charge on any atom is -0.507 e. The van der Waals surface area contributed by atoms with Gasteiger partial charge < -0.3 is 9.52 Å². The van der Waals surface area contributed by atoms with Gasteiger partial charge in [-0.2, -0.15) is 0 Å². The van der Waals surface area contributed by atoms with Crippen LogP contribution in [0.4, 0.5) is 5.69 Å². The highest BCUT2D eigenvalue weighted by Gasteiger charge is 2.20. The summed E-state index contributed by atoms with van der Waals surface area (Å²) in [6.07, 6.45) is 3.37. The molecule has 1 aliphatic carbocycles. The predicted octanol–water partition coefficient (Wildman–Crippen LogP) is 2.78. The van der Waals surface area contributed by atoms with E-state index in [2.05, 4.69) is 5.18 Å². The van der Waals surface area contributed by atoms with Crippen molar-refractivity contribution in [2.75, 3.05) is 0 Å². The molecule has 5 heteroatoms. The van der Waals surface area contributed by atoms with Crippen molar-refractivity contribution >= 4 is 16.7 Å². The fourth-order valence-electron chi connectivity index (χ4n) is 2.59. The zero-order valence-corrected chi connectivity index (χ0v) is 9.60. The van der Waals surface area contributed by atoms with Crippen molar-refractivity contribution in [1.82, 2.24) is 0 Å². The van der Waals surface area contributed by atoms with E-state index in [0.717, 1.165) is 24.8 Å². The van der Waals surface area contributed by atoms with Crippen LogP contribution in [0.3, 0.4) is 0 Å². The van der Waals surface area contributed by atoms with Gasteiger partial charge >= 0.3 is 5.63 Å². The summed E-state index contributed by atoms with van der Waals surface area (Å²) in [6.45, 7) is 0. The highest BCUT2D eigenvalue weighted by molar-refractivity contribution is 5.90. The molecule has 0 atom stereocenters. The van der Waals surface area contributed by atoms with Gasteiger partial charge in [0.1, 0.15) is 17.0 Å². The van der Waals surface area contributed by atoms with Crippen LogP contribution in [0.25, 0.3) is 11.0 Å². The van der Waals surface area contributed by atoms with Crippen molar-refractivity contribution in [2.24, 2.45) is 5.18 Å². The molecule has 0 saturated carbocycles. The first-order valence-corrected chi connectivity index (χ1v) is 5.85. The summed E-state index contributed by atoms with van der Waals surface area (Å²) in [4.78, 5) is 22.3. The molecule has 0 aliphatic heterocycles. The molecule has 2 aromatic rings. The number of phenols is 1. The molecule has 92 valence electrons. The van der Waals surface area contributed by atoms with E-state index in [9.17, 15) is 14.8 Å². The highest BCUT2D eigenvalue weighted by Crippen LogP contribution is 2.35. The van der Waals surface area contributed by atoms with Gasteiger partial charge in [0.2, 0.25) is 0 Å². The molecule has 0 fully saturated rings. The molecule has 3 rings (SSSR count). The second-order valence-electron chi connectivity index (χ2n) is 4.48. The Labute approximate surface area is 102 Å². The third-order valence-electron chi connectivity index (χ3n) is 3.39. The number of benzene rings is 1. The molecule has 1 aromatic carbocycles. The third kappa shape index (κ3) is 1.51. The van der Waals surface area contributed by atoms with Crippen LogP contribution in [0.2, 0.25) is 0 Å². The topological polar surface area (TPSA) is 79.9 Å². The number of hydrogen-bond acceptors (Lipinski definition) is 5. The Balaban J connectivity index is 2.44. The van der Waals surface area contributed by atoms with Gasteiger partial charge in [-0.25, -0.2) is 4.79 Å². The van der Waals surface area contributed by atoms with Crippen molar-refractivity contribution in [3.63, 3.8) is 0 Å². The fraction of sp³-hybridized carbons (Fsp3) is 0.308. The first kappa shape index (κ1) is 11.0. The molecule has 0 spiro atoms. The second-order valence-corrected chi connectivity index (χ2v) is 4.48. The molecule has 1 aliphatic rings. The summed E-state index contributed by atoms with van der Waals surface area (Å²) in [7, 11) is 0. The Morgan fingerprint density at radius 2 is 1.89 bits per heavy atom. The van der Waals surface area contributed by atoms with Crippen molar-refractivity contribution in [2.45, 2.75) is 25.7 Å². The monoisotopic (exact) mass is 245 g/mol. The van der Waals surface area contributed by atoms with E-state index in [1.807, 2.05) is 0 Å². The average molecular weight is 245 g/mol. The first-order chi connectivity index (χ1) is 8.70. The number of aromatic hydroxyl groups is 1. The van der Waals surface area contributed by atoms with E-state index >= 15 is 0 Å². The molecule has 1 N–H and O–H groups in total. The van der Waals surface area contributed by atoms with E-state index in [4.69, 9.17) is 4.42 Å². The van der Waals surface area contributed by atoms with Crippen LogP contribution in [0.5, 0.6) is 5.75 Å². The number of aryl methyl sites for hydroxylation is 1. The molecular weight excluding hydrogens is 234 g/mol. The van der Waals surface area contributed by atoms with E-state index in [1.54, 1.807) is 0 Å². The van der Waals surface area contributed by atoms with Crippen molar-refractivity contribution < 1.29 is 9.52 Å². The lowest BCUT2D eigenvalue weighted by Crippen LogP contribution is -2.15. The summed E-state index contributed by atoms with van der Waals surface area (Å²) < 4.78 is 5.17. The van der Waals surface area contributed by atoms with Gasteiger partial charge in [0.25, 0.3) is 0 Å². The van der Waals surface area contributed by atoms with Gasteiger partial charge in [-0.3, -0.25) is 0 Å². The van der Waals surface area contributed by atoms with Crippen LogP contribution >= 0.6 is 0 Å². The largest absolute Gasteiger partial charge is 0.507 e. The normalized spacial score (nSPS) is 14.4. The Morgan fingerprint density at radius 3 is 2.61 bits per heavy atom. The Bertz CT molecular complexity index is 702. The smallest absolute Gasteiger partial charge is 0.339 e. The number of nitrogens with zero attached hydrogens (tertiary/aromatic N) is 1. The number of hydrogen-bond donors (Lipinski definition) is 1. The van der Waals surface area contributed by atoms with E-state index < -0.39 is 0 Å². The Kier molecular flexibility index (Phi) is 2.40. The molecule has 5 nitrogen and oxygen atoms in total. The molecule has 1 aromatic heterocycles. The van der Waals surface area contributed by atoms with Crippen molar-refractivity contribution in [3.8, 4) is 5.75 Å². The first-order valence-electron chi connectivity index (χ1n) is 5.85. The van der Waals surface area contributed by atoms with Crippen LogP contribution in [0, 0.1) is 4.91 Å². The summed E-state index contributed by atoms with van der Waals surface area (Å²) in [5.74, 6) is -0.0519. The summed E-state index contributed by atoms with van der Waals surface area (Å²) in [5, 5.41) is 13.3. The predicted molar refractivity (Wildman–Crippen MR) is 66.2 cm³/mol. The quantitative estimate of drug-likeness (QED) is 0.618. The maximum Gasteiger partial charge on any atom is 0.339 e. The van der Waals surface area contributed by atoms with Crippen molar-refractivity contribution in [3.05, 3.63) is 38.6 Å². The molecule has 0 bridgehead atoms. The highest BCUT2D eigenvalue weighted by atomic mass is 16.4. The molecule has 0 amide bonds. The van der Waals surface area contributed by atoms with Crippen LogP contribution in [0.1, 0.15) is 24.0 Å². The van der Waals surface area contributed by atoms with Crippen LogP contribution in [-0.4, -0.2) is 5.11 Å². The minimum atomic E-state index is -0.375. The maximum absolute atomic E-state index is 11.8. The van der Waals surface area contributed by atoms with Crippen LogP contribution < -0.4 is 5.63 Å². The van der Waals surface area contributed by atoms with Gasteiger partial charge in [-0.15, -0.1) is 4.91 Å². The number of phenolic OH excluding ortho intramolecular Hbond substituents is 1. The van der Waals surface area contributed by atoms with Crippen LogP contribution in [0.15, 0.2) is 26.5 Å². The second kappa shape index (κ2) is 3.94. The molecule has 18 heavy (non-hydrogen) atoms. The zero-order chi connectivity index (χ0) is 12.7. The number of nitroso groups, excluding NO2 is 1. The summed E-state index contributed by atoms with van der Waals surface area (Å²) in [5.41, 5.74) is 1.41. The zero-order valence-electron chi connectivity index (χ0n) is 9.60. The van der Waals surface area contributed by atoms with Gasteiger partial charge in [0.05, 0.1) is 5.39 Å². The standard InChI is InChI=1S/C13H11NO4/c15-10-5-7(14-17)6-11-12(10)8-3-1-2-4-9(8)13(16)18-11/h5-6,15H,1-4H2. The molecule has 0 saturated heterocycles.